The molecular weight excluding hydrogens is 220 g/mol. The average molecular weight is 230 g/mol. The first kappa shape index (κ1) is 9.86. The Bertz CT molecular complexity index is 431. The fraction of sp³-hybridized carbons (Fsp3) is 0.444. The predicted octanol–water partition coefficient (Wildman–Crippen LogP) is 1.37. The molecular formula is C9H10O3S2. The third kappa shape index (κ3) is 1.88. The van der Waals surface area contributed by atoms with Crippen LogP contribution in [0.3, 0.4) is 0 Å². The summed E-state index contributed by atoms with van der Waals surface area (Å²) < 4.78 is 22.3. The molecule has 0 amide bonds. The van der Waals surface area contributed by atoms with E-state index in [0.29, 0.717) is 11.3 Å². The lowest BCUT2D eigenvalue weighted by Crippen LogP contribution is -2.14. The second-order valence-electron chi connectivity index (χ2n) is 3.44. The summed E-state index contributed by atoms with van der Waals surface area (Å²) in [6.45, 7) is 0. The summed E-state index contributed by atoms with van der Waals surface area (Å²) >= 11 is 1.37. The van der Waals surface area contributed by atoms with Crippen LogP contribution in [0.25, 0.3) is 0 Å². The normalized spacial score (nSPS) is 25.0. The number of ketones is 1. The van der Waals surface area contributed by atoms with E-state index in [9.17, 15) is 13.2 Å². The summed E-state index contributed by atoms with van der Waals surface area (Å²) in [4.78, 5) is 12.4. The van der Waals surface area contributed by atoms with Crippen LogP contribution < -0.4 is 0 Å². The van der Waals surface area contributed by atoms with Gasteiger partial charge in [-0.05, 0) is 17.9 Å². The monoisotopic (exact) mass is 230 g/mol. The van der Waals surface area contributed by atoms with Crippen molar-refractivity contribution in [1.82, 2.24) is 0 Å². The summed E-state index contributed by atoms with van der Waals surface area (Å²) in [5.74, 6) is -0.127. The van der Waals surface area contributed by atoms with Crippen molar-refractivity contribution in [2.75, 3.05) is 11.5 Å². The summed E-state index contributed by atoms with van der Waals surface area (Å²) in [6.07, 6.45) is 0.485. The summed E-state index contributed by atoms with van der Waals surface area (Å²) in [5.41, 5.74) is 0. The van der Waals surface area contributed by atoms with Gasteiger partial charge in [0.25, 0.3) is 0 Å². The van der Waals surface area contributed by atoms with Gasteiger partial charge in [0.15, 0.2) is 15.6 Å². The molecule has 1 saturated heterocycles. The number of carbonyl (C=O) groups excluding carboxylic acids is 1. The molecule has 2 rings (SSSR count). The van der Waals surface area contributed by atoms with Crippen molar-refractivity contribution < 1.29 is 13.2 Å². The fourth-order valence-electron chi connectivity index (χ4n) is 1.62. The molecule has 0 radical (unpaired) electrons. The lowest BCUT2D eigenvalue weighted by molar-refractivity contribution is 0.0937. The molecule has 1 aromatic rings. The minimum absolute atomic E-state index is 0.0129. The van der Waals surface area contributed by atoms with Crippen molar-refractivity contribution in [2.45, 2.75) is 6.42 Å². The number of thiophene rings is 1. The third-order valence-corrected chi connectivity index (χ3v) is 5.02. The first-order valence-corrected chi connectivity index (χ1v) is 7.07. The van der Waals surface area contributed by atoms with E-state index in [2.05, 4.69) is 0 Å². The van der Waals surface area contributed by atoms with Crippen LogP contribution in [0.1, 0.15) is 16.1 Å². The smallest absolute Gasteiger partial charge is 0.176 e. The number of sulfone groups is 1. The first-order valence-electron chi connectivity index (χ1n) is 4.37. The van der Waals surface area contributed by atoms with Crippen LogP contribution in [-0.4, -0.2) is 25.7 Å². The largest absolute Gasteiger partial charge is 0.293 e. The summed E-state index contributed by atoms with van der Waals surface area (Å²) in [5, 5.41) is 1.83. The highest BCUT2D eigenvalue weighted by molar-refractivity contribution is 7.91. The Morgan fingerprint density at radius 2 is 2.29 bits per heavy atom. The van der Waals surface area contributed by atoms with Crippen LogP contribution in [0.5, 0.6) is 0 Å². The molecule has 14 heavy (non-hydrogen) atoms. The van der Waals surface area contributed by atoms with Crippen LogP contribution in [0.2, 0.25) is 0 Å². The highest BCUT2D eigenvalue weighted by Crippen LogP contribution is 2.24. The maximum absolute atomic E-state index is 11.7. The van der Waals surface area contributed by atoms with Crippen LogP contribution >= 0.6 is 11.3 Å². The van der Waals surface area contributed by atoms with Crippen molar-refractivity contribution in [3.63, 3.8) is 0 Å². The Balaban J connectivity index is 2.16. The Labute approximate surface area is 86.7 Å². The van der Waals surface area contributed by atoms with Gasteiger partial charge in [0.1, 0.15) is 0 Å². The molecule has 0 bridgehead atoms. The molecule has 1 atom stereocenters. The molecule has 1 aliphatic heterocycles. The second-order valence-corrected chi connectivity index (χ2v) is 6.62. The van der Waals surface area contributed by atoms with Crippen LogP contribution in [-0.2, 0) is 9.84 Å². The number of carbonyl (C=O) groups is 1. The molecule has 3 nitrogen and oxygen atoms in total. The van der Waals surface area contributed by atoms with Crippen LogP contribution in [0, 0.1) is 5.92 Å². The van der Waals surface area contributed by atoms with Crippen LogP contribution in [0.15, 0.2) is 17.5 Å². The van der Waals surface area contributed by atoms with E-state index in [-0.39, 0.29) is 23.2 Å². The van der Waals surface area contributed by atoms with Gasteiger partial charge in [0.2, 0.25) is 0 Å². The van der Waals surface area contributed by atoms with Gasteiger partial charge >= 0.3 is 0 Å². The third-order valence-electron chi connectivity index (χ3n) is 2.37. The minimum atomic E-state index is -2.95. The molecule has 1 unspecified atom stereocenters. The quantitative estimate of drug-likeness (QED) is 0.721. The Morgan fingerprint density at radius 1 is 1.50 bits per heavy atom. The van der Waals surface area contributed by atoms with Gasteiger partial charge in [-0.2, -0.15) is 0 Å². The van der Waals surface area contributed by atoms with Gasteiger partial charge in [-0.1, -0.05) is 6.07 Å². The predicted molar refractivity (Wildman–Crippen MR) is 55.4 cm³/mol. The van der Waals surface area contributed by atoms with E-state index < -0.39 is 9.84 Å². The maximum atomic E-state index is 11.7. The van der Waals surface area contributed by atoms with Gasteiger partial charge in [-0.3, -0.25) is 4.79 Å². The number of hydrogen-bond acceptors (Lipinski definition) is 4. The van der Waals surface area contributed by atoms with Crippen molar-refractivity contribution in [3.05, 3.63) is 22.4 Å². The molecule has 1 aromatic heterocycles. The molecule has 76 valence electrons. The van der Waals surface area contributed by atoms with E-state index in [0.717, 1.165) is 0 Å². The fourth-order valence-corrected chi connectivity index (χ4v) is 4.11. The Morgan fingerprint density at radius 3 is 2.79 bits per heavy atom. The van der Waals surface area contributed by atoms with E-state index in [1.165, 1.54) is 11.3 Å². The average Bonchev–Trinajstić information content (AvgIpc) is 2.72. The zero-order valence-electron chi connectivity index (χ0n) is 7.47. The minimum Gasteiger partial charge on any atom is -0.293 e. The first-order chi connectivity index (χ1) is 6.58. The zero-order chi connectivity index (χ0) is 10.2. The van der Waals surface area contributed by atoms with E-state index >= 15 is 0 Å². The van der Waals surface area contributed by atoms with Gasteiger partial charge in [0.05, 0.1) is 16.4 Å². The number of hydrogen-bond donors (Lipinski definition) is 0. The van der Waals surface area contributed by atoms with E-state index in [4.69, 9.17) is 0 Å². The molecule has 1 aliphatic rings. The van der Waals surface area contributed by atoms with Crippen molar-refractivity contribution >= 4 is 27.0 Å². The van der Waals surface area contributed by atoms with E-state index in [1.807, 2.05) is 5.38 Å². The van der Waals surface area contributed by atoms with Crippen molar-refractivity contribution in [3.8, 4) is 0 Å². The standard InChI is InChI=1S/C9H10O3S2/c10-9(8-2-1-4-13-8)7-3-5-14(11,12)6-7/h1-2,4,7H,3,5-6H2. The van der Waals surface area contributed by atoms with Crippen LogP contribution in [0.4, 0.5) is 0 Å². The summed E-state index contributed by atoms with van der Waals surface area (Å²) in [7, 11) is -2.95. The molecule has 0 aromatic carbocycles. The summed E-state index contributed by atoms with van der Waals surface area (Å²) in [6, 6.07) is 3.55. The number of Topliss-reactive ketones (excluding diaryl/α,β-unsaturated/α-hetero) is 1. The lowest BCUT2D eigenvalue weighted by Gasteiger charge is -2.02. The molecule has 0 saturated carbocycles. The highest BCUT2D eigenvalue weighted by Gasteiger charge is 2.33. The SMILES string of the molecule is O=C(c1cccs1)C1CCS(=O)(=O)C1. The number of rotatable bonds is 2. The van der Waals surface area contributed by atoms with Crippen molar-refractivity contribution in [2.24, 2.45) is 5.92 Å². The van der Waals surface area contributed by atoms with Crippen molar-refractivity contribution in [1.29, 1.82) is 0 Å². The topological polar surface area (TPSA) is 51.2 Å². The zero-order valence-corrected chi connectivity index (χ0v) is 9.10. The molecule has 2 heterocycles. The molecule has 0 spiro atoms. The molecule has 0 N–H and O–H groups in total. The Hall–Kier alpha value is -0.680. The van der Waals surface area contributed by atoms with Gasteiger partial charge < -0.3 is 0 Å². The lowest BCUT2D eigenvalue weighted by atomic mass is 10.0. The second kappa shape index (κ2) is 3.47. The Kier molecular flexibility index (Phi) is 2.45. The highest BCUT2D eigenvalue weighted by atomic mass is 32.2. The molecule has 5 heteroatoms. The van der Waals surface area contributed by atoms with E-state index in [1.54, 1.807) is 12.1 Å². The van der Waals surface area contributed by atoms with Gasteiger partial charge in [-0.25, -0.2) is 8.42 Å². The molecule has 0 aliphatic carbocycles. The van der Waals surface area contributed by atoms with Gasteiger partial charge in [-0.15, -0.1) is 11.3 Å². The molecule has 1 fully saturated rings. The maximum Gasteiger partial charge on any atom is 0.176 e. The van der Waals surface area contributed by atoms with Gasteiger partial charge in [0, 0.05) is 5.92 Å².